The van der Waals surface area contributed by atoms with Gasteiger partial charge < -0.3 is 14.9 Å². The van der Waals surface area contributed by atoms with Gasteiger partial charge in [-0.25, -0.2) is 9.48 Å². The molecule has 0 radical (unpaired) electrons. The molecular weight excluding hydrogens is 695 g/mol. The molecule has 0 saturated heterocycles. The van der Waals surface area contributed by atoms with Crippen molar-refractivity contribution in [1.82, 2.24) is 30.0 Å². The second-order valence-electron chi connectivity index (χ2n) is 8.14. The molecule has 0 fully saturated rings. The number of aliphatic hydroxyl groups excluding tert-OH is 1. The van der Waals surface area contributed by atoms with E-state index in [9.17, 15) is 9.59 Å². The van der Waals surface area contributed by atoms with E-state index in [1.165, 1.54) is 16.4 Å². The first-order valence-electron chi connectivity index (χ1n) is 11.5. The van der Waals surface area contributed by atoms with Crippen molar-refractivity contribution in [3.05, 3.63) is 90.3 Å². The Morgan fingerprint density at radius 2 is 1.40 bits per heavy atom. The molecule has 4 rings (SSSR count). The monoisotopic (exact) mass is 718 g/mol. The number of benzene rings is 2. The molecule has 4 aromatic rings. The van der Waals surface area contributed by atoms with Gasteiger partial charge in [0.25, 0.3) is 0 Å². The Balaban J connectivity index is 0.000000235. The Kier molecular flexibility index (Phi) is 13.2. The first-order chi connectivity index (χ1) is 18.8. The van der Waals surface area contributed by atoms with Crippen LogP contribution in [0.25, 0.3) is 0 Å². The summed E-state index contributed by atoms with van der Waals surface area (Å²) in [5, 5.41) is 33.4. The third-order valence-corrected chi connectivity index (χ3v) is 7.04. The molecule has 0 unspecified atom stereocenters. The Morgan fingerprint density at radius 1 is 0.900 bits per heavy atom. The molecular formula is C25H26Br2Cl2N6O5. The van der Waals surface area contributed by atoms with Crippen LogP contribution in [0.15, 0.2) is 57.7 Å². The topological polar surface area (TPSA) is 145 Å². The highest BCUT2D eigenvalue weighted by atomic mass is 79.9. The molecule has 15 heteroatoms. The maximum absolute atomic E-state index is 12.0. The van der Waals surface area contributed by atoms with Gasteiger partial charge in [-0.15, -0.1) is 10.2 Å². The summed E-state index contributed by atoms with van der Waals surface area (Å²) in [5.74, 6) is -1.40. The van der Waals surface area contributed by atoms with Crippen molar-refractivity contribution in [2.75, 3.05) is 0 Å². The summed E-state index contributed by atoms with van der Waals surface area (Å²) >= 11 is 18.0. The normalized spacial score (nSPS) is 11.8. The van der Waals surface area contributed by atoms with E-state index in [1.54, 1.807) is 33.0 Å². The van der Waals surface area contributed by atoms with Crippen molar-refractivity contribution in [2.45, 2.75) is 32.5 Å². The van der Waals surface area contributed by atoms with Crippen LogP contribution in [0.1, 0.15) is 53.4 Å². The molecule has 0 bridgehead atoms. The smallest absolute Gasteiger partial charge is 0.357 e. The number of carbonyl (C=O) groups excluding carboxylic acids is 1. The van der Waals surface area contributed by atoms with Gasteiger partial charge in [0.05, 0.1) is 18.2 Å². The van der Waals surface area contributed by atoms with Gasteiger partial charge in [-0.3, -0.25) is 9.48 Å². The van der Waals surface area contributed by atoms with Crippen LogP contribution in [0.3, 0.4) is 0 Å². The Labute approximate surface area is 257 Å². The molecule has 0 aliphatic heterocycles. The summed E-state index contributed by atoms with van der Waals surface area (Å²) in [6, 6.07) is 14.6. The maximum Gasteiger partial charge on any atom is 0.357 e. The summed E-state index contributed by atoms with van der Waals surface area (Å²) in [4.78, 5) is 22.3. The van der Waals surface area contributed by atoms with Crippen molar-refractivity contribution >= 4 is 67.0 Å². The van der Waals surface area contributed by atoms with Crippen LogP contribution < -0.4 is 0 Å². The van der Waals surface area contributed by atoms with Gasteiger partial charge in [-0.2, -0.15) is 0 Å². The molecule has 2 heterocycles. The molecule has 2 N–H and O–H groups in total. The molecule has 11 nitrogen and oxygen atoms in total. The standard InChI is InChI=1S/C13H13BrClN3O2.C8H9ClO.C4H4BrN3O2/c1-8(9-5-3-4-6-10(9)15)20-12(19)7-11-13(14)16-17-18(11)2;1-6(10)7-4-2-3-5-8(7)9;1-8-2(4(9)10)3(5)6-7-8/h3-6,8H,7H2,1-2H3;2-6,10H,1H3;1H3,(H,9,10)/t8-;6-;/m11./s1. The maximum atomic E-state index is 12.0. The van der Waals surface area contributed by atoms with Gasteiger partial charge >= 0.3 is 11.9 Å². The number of carboxylic acids is 1. The molecule has 2 aromatic carbocycles. The minimum Gasteiger partial charge on any atom is -0.476 e. The average molecular weight is 721 g/mol. The second-order valence-corrected chi connectivity index (χ2v) is 10.5. The summed E-state index contributed by atoms with van der Waals surface area (Å²) < 4.78 is 8.90. The van der Waals surface area contributed by atoms with Gasteiger partial charge in [0.15, 0.2) is 14.9 Å². The van der Waals surface area contributed by atoms with Crippen LogP contribution in [0.4, 0.5) is 0 Å². The van der Waals surface area contributed by atoms with Crippen molar-refractivity contribution in [3.8, 4) is 0 Å². The van der Waals surface area contributed by atoms with Crippen LogP contribution in [0.2, 0.25) is 10.0 Å². The molecule has 0 aliphatic rings. The van der Waals surface area contributed by atoms with Crippen LogP contribution in [0, 0.1) is 0 Å². The second kappa shape index (κ2) is 15.8. The number of aromatic carboxylic acids is 1. The summed E-state index contributed by atoms with van der Waals surface area (Å²) in [5.41, 5.74) is 2.29. The zero-order valence-corrected chi connectivity index (χ0v) is 26.5. The highest BCUT2D eigenvalue weighted by Crippen LogP contribution is 2.26. The largest absolute Gasteiger partial charge is 0.476 e. The van der Waals surface area contributed by atoms with E-state index in [2.05, 4.69) is 52.5 Å². The number of ether oxygens (including phenoxy) is 1. The number of rotatable bonds is 6. The lowest BCUT2D eigenvalue weighted by molar-refractivity contribution is -0.147. The van der Waals surface area contributed by atoms with E-state index in [0.29, 0.717) is 20.3 Å². The SMILES string of the molecule is C[C@@H](O)c1ccccc1Cl.C[C@@H](OC(=O)Cc1c(Br)nnn1C)c1ccccc1Cl.Cn1nnc(Br)c1C(=O)O. The first-order valence-corrected chi connectivity index (χ1v) is 13.9. The minimum absolute atomic E-state index is 0.0556. The predicted octanol–water partition coefficient (Wildman–Crippen LogP) is 5.75. The van der Waals surface area contributed by atoms with Gasteiger partial charge in [0, 0.05) is 29.7 Å². The van der Waals surface area contributed by atoms with Crippen molar-refractivity contribution in [2.24, 2.45) is 14.1 Å². The van der Waals surface area contributed by atoms with Gasteiger partial charge in [0.2, 0.25) is 0 Å². The number of hydrogen-bond acceptors (Lipinski definition) is 8. The van der Waals surface area contributed by atoms with Crippen LogP contribution in [-0.4, -0.2) is 52.1 Å². The van der Waals surface area contributed by atoms with Crippen LogP contribution in [-0.2, 0) is 30.0 Å². The van der Waals surface area contributed by atoms with Gasteiger partial charge in [0.1, 0.15) is 6.10 Å². The molecule has 0 saturated carbocycles. The van der Waals surface area contributed by atoms with E-state index in [-0.39, 0.29) is 22.7 Å². The number of halogens is 4. The molecule has 0 amide bonds. The lowest BCUT2D eigenvalue weighted by Gasteiger charge is -2.14. The molecule has 40 heavy (non-hydrogen) atoms. The molecule has 0 spiro atoms. The average Bonchev–Trinajstić information content (AvgIpc) is 3.40. The summed E-state index contributed by atoms with van der Waals surface area (Å²) in [6.45, 7) is 3.48. The van der Waals surface area contributed by atoms with Crippen molar-refractivity contribution < 1.29 is 24.5 Å². The van der Waals surface area contributed by atoms with Crippen LogP contribution in [0.5, 0.6) is 0 Å². The van der Waals surface area contributed by atoms with E-state index in [0.717, 1.165) is 11.1 Å². The fourth-order valence-corrected chi connectivity index (χ4v) is 4.70. The third kappa shape index (κ3) is 9.66. The number of aryl methyl sites for hydroxylation is 2. The number of aromatic nitrogens is 6. The number of nitrogens with zero attached hydrogens (tertiary/aromatic N) is 6. The Morgan fingerprint density at radius 3 is 1.77 bits per heavy atom. The van der Waals surface area contributed by atoms with Gasteiger partial charge in [-0.1, -0.05) is 70.0 Å². The number of aliphatic hydroxyl groups is 1. The predicted molar refractivity (Wildman–Crippen MR) is 156 cm³/mol. The zero-order valence-electron chi connectivity index (χ0n) is 21.8. The van der Waals surface area contributed by atoms with Crippen LogP contribution >= 0.6 is 55.1 Å². The van der Waals surface area contributed by atoms with E-state index < -0.39 is 18.2 Å². The lowest BCUT2D eigenvalue weighted by atomic mass is 10.1. The summed E-state index contributed by atoms with van der Waals surface area (Å²) in [6.07, 6.45) is -0.788. The van der Waals surface area contributed by atoms with E-state index >= 15 is 0 Å². The molecule has 2 atom stereocenters. The van der Waals surface area contributed by atoms with Crippen molar-refractivity contribution in [3.63, 3.8) is 0 Å². The molecule has 214 valence electrons. The molecule has 2 aromatic heterocycles. The summed E-state index contributed by atoms with van der Waals surface area (Å²) in [7, 11) is 3.24. The third-order valence-electron chi connectivity index (χ3n) is 5.20. The van der Waals surface area contributed by atoms with Crippen molar-refractivity contribution in [1.29, 1.82) is 0 Å². The molecule has 0 aliphatic carbocycles. The highest BCUT2D eigenvalue weighted by molar-refractivity contribution is 9.10. The lowest BCUT2D eigenvalue weighted by Crippen LogP contribution is -2.14. The van der Waals surface area contributed by atoms with E-state index in [1.807, 2.05) is 36.4 Å². The zero-order chi connectivity index (χ0) is 30.0. The fourth-order valence-electron chi connectivity index (χ4n) is 3.16. The Hall–Kier alpha value is -2.84. The quantitative estimate of drug-likeness (QED) is 0.238. The number of carboxylic acid groups (broad SMARTS) is 1. The fraction of sp³-hybridized carbons (Fsp3) is 0.280. The van der Waals surface area contributed by atoms with Gasteiger partial charge in [-0.05, 0) is 63.4 Å². The minimum atomic E-state index is -1.04. The number of esters is 1. The highest BCUT2D eigenvalue weighted by Gasteiger charge is 2.18. The first kappa shape index (κ1) is 33.4. The Bertz CT molecular complexity index is 1410. The van der Waals surface area contributed by atoms with E-state index in [4.69, 9.17) is 38.2 Å². The number of hydrogen-bond donors (Lipinski definition) is 2. The number of carbonyl (C=O) groups is 2.